The first-order valence-corrected chi connectivity index (χ1v) is 18.3. The zero-order valence-electron chi connectivity index (χ0n) is 29.2. The highest BCUT2D eigenvalue weighted by molar-refractivity contribution is 7.75. The molecule has 10 aromatic rings. The number of rotatable bonds is 3. The van der Waals surface area contributed by atoms with Gasteiger partial charge < -0.3 is 4.42 Å². The first-order valence-electron chi connectivity index (χ1n) is 18.0. The van der Waals surface area contributed by atoms with Gasteiger partial charge in [-0.05, 0) is 28.3 Å². The van der Waals surface area contributed by atoms with Gasteiger partial charge in [-0.1, -0.05) is 158 Å². The molecule has 1 unspecified atom stereocenters. The van der Waals surface area contributed by atoms with Gasteiger partial charge in [-0.3, -0.25) is 4.67 Å². The third-order valence-corrected chi connectivity index (χ3v) is 12.4. The Kier molecular flexibility index (Phi) is 5.76. The molecule has 0 bridgehead atoms. The molecule has 4 nitrogen and oxygen atoms in total. The topological polar surface area (TPSA) is 42.2 Å². The number of fused-ring (bicyclic) bond motifs is 13. The molecule has 11 rings (SSSR count). The molecular weight excluding hydrogens is 642 g/mol. The standard InChI is InChI=1S/C46H28N3OP/c1-3-16-30(17-4-1)43-35-23-11-13-25-37(35)47-46(48-43)49-44-41(33-21-9-10-22-34(33)45-42(44)36-24-12-14-26-38(36)50-45)40-32-20-8-7-15-29(32)27-28-39(40)51(49)31-18-5-2-6-19-31/h1-28H/i1D,16D. The molecule has 0 aliphatic carbocycles. The fraction of sp³-hybridized carbons (Fsp3) is 0. The van der Waals surface area contributed by atoms with Crippen molar-refractivity contribution in [2.45, 2.75) is 0 Å². The number of para-hydroxylation sites is 2. The molecule has 2 aromatic heterocycles. The smallest absolute Gasteiger partial charge is 0.235 e. The first-order chi connectivity index (χ1) is 26.1. The molecule has 1 aliphatic heterocycles. The highest BCUT2D eigenvalue weighted by Crippen LogP contribution is 2.61. The Morgan fingerprint density at radius 3 is 2.16 bits per heavy atom. The minimum Gasteiger partial charge on any atom is -0.455 e. The fourth-order valence-electron chi connectivity index (χ4n) is 7.87. The van der Waals surface area contributed by atoms with Crippen molar-refractivity contribution < 1.29 is 7.16 Å². The molecule has 1 atom stereocenters. The predicted octanol–water partition coefficient (Wildman–Crippen LogP) is 11.7. The molecule has 8 aromatic carbocycles. The summed E-state index contributed by atoms with van der Waals surface area (Å²) in [4.78, 5) is 10.9. The van der Waals surface area contributed by atoms with Gasteiger partial charge in [0.1, 0.15) is 11.2 Å². The molecule has 0 N–H and O–H groups in total. The van der Waals surface area contributed by atoms with Crippen LogP contribution in [0.5, 0.6) is 0 Å². The van der Waals surface area contributed by atoms with Crippen LogP contribution in [0.15, 0.2) is 174 Å². The summed E-state index contributed by atoms with van der Waals surface area (Å²) in [5.41, 5.74) is 7.11. The first kappa shape index (κ1) is 26.5. The highest BCUT2D eigenvalue weighted by atomic mass is 31.1. The lowest BCUT2D eigenvalue weighted by atomic mass is 9.89. The Hall–Kier alpha value is -6.35. The summed E-state index contributed by atoms with van der Waals surface area (Å²) in [6, 6.07) is 54.5. The molecule has 51 heavy (non-hydrogen) atoms. The van der Waals surface area contributed by atoms with Gasteiger partial charge in [0, 0.05) is 43.5 Å². The second kappa shape index (κ2) is 11.1. The van der Waals surface area contributed by atoms with Crippen LogP contribution in [0.1, 0.15) is 2.74 Å². The van der Waals surface area contributed by atoms with Crippen molar-refractivity contribution in [2.75, 3.05) is 4.67 Å². The third kappa shape index (κ3) is 4.18. The van der Waals surface area contributed by atoms with Crippen molar-refractivity contribution in [1.82, 2.24) is 9.97 Å². The number of hydrogen-bond donors (Lipinski definition) is 0. The monoisotopic (exact) mass is 671 g/mol. The SMILES string of the molecule is [2H]c1ccc(-c2nc(N3c4c(c5ccccc5c5oc6ccccc6c45)-c4c(ccc5ccccc45)P3c3ccccc3)nc3ccccc23)c([2H])c1. The van der Waals surface area contributed by atoms with E-state index in [0.717, 1.165) is 60.2 Å². The Bertz CT molecular complexity index is 3130. The second-order valence-corrected chi connectivity index (χ2v) is 14.8. The second-order valence-electron chi connectivity index (χ2n) is 12.8. The van der Waals surface area contributed by atoms with E-state index < -0.39 is 8.07 Å². The zero-order valence-corrected chi connectivity index (χ0v) is 28.1. The molecule has 0 saturated heterocycles. The Labute approximate surface area is 297 Å². The van der Waals surface area contributed by atoms with E-state index in [-0.39, 0.29) is 6.04 Å². The molecule has 3 heterocycles. The minimum absolute atomic E-state index is 0.252. The summed E-state index contributed by atoms with van der Waals surface area (Å²) in [5.74, 6) is 0.546. The minimum atomic E-state index is -1.31. The van der Waals surface area contributed by atoms with Crippen LogP contribution in [0.3, 0.4) is 0 Å². The maximum atomic E-state index is 8.97. The number of furan rings is 1. The molecular formula is C46H28N3OP. The fourth-order valence-corrected chi connectivity index (χ4v) is 10.4. The molecule has 0 spiro atoms. The van der Waals surface area contributed by atoms with Gasteiger partial charge >= 0.3 is 0 Å². The van der Waals surface area contributed by atoms with E-state index in [0.29, 0.717) is 23.2 Å². The van der Waals surface area contributed by atoms with Crippen molar-refractivity contribution in [3.8, 4) is 22.4 Å². The van der Waals surface area contributed by atoms with E-state index in [1.165, 1.54) is 21.6 Å². The maximum Gasteiger partial charge on any atom is 0.235 e. The average Bonchev–Trinajstić information content (AvgIpc) is 3.60. The molecule has 1 aliphatic rings. The summed E-state index contributed by atoms with van der Waals surface area (Å²) in [7, 11) is -1.31. The summed E-state index contributed by atoms with van der Waals surface area (Å²) < 4.78 is 26.4. The Morgan fingerprint density at radius 1 is 0.569 bits per heavy atom. The Morgan fingerprint density at radius 2 is 1.29 bits per heavy atom. The number of benzene rings is 8. The van der Waals surface area contributed by atoms with Crippen molar-refractivity contribution in [2.24, 2.45) is 0 Å². The molecule has 238 valence electrons. The number of anilines is 2. The molecule has 5 heteroatoms. The van der Waals surface area contributed by atoms with E-state index >= 15 is 0 Å². The van der Waals surface area contributed by atoms with Crippen molar-refractivity contribution in [3.63, 3.8) is 0 Å². The van der Waals surface area contributed by atoms with Gasteiger partial charge in [-0.2, -0.15) is 0 Å². The maximum absolute atomic E-state index is 8.97. The quantitative estimate of drug-likeness (QED) is 0.175. The molecule has 0 radical (unpaired) electrons. The van der Waals surface area contributed by atoms with Gasteiger partial charge in [-0.15, -0.1) is 0 Å². The van der Waals surface area contributed by atoms with Crippen molar-refractivity contribution in [3.05, 3.63) is 170 Å². The molecule has 0 amide bonds. The van der Waals surface area contributed by atoms with E-state index in [1.807, 2.05) is 42.5 Å². The lowest BCUT2D eigenvalue weighted by molar-refractivity contribution is 0.673. The van der Waals surface area contributed by atoms with Crippen LogP contribution in [0.2, 0.25) is 0 Å². The number of hydrogen-bond acceptors (Lipinski definition) is 4. The van der Waals surface area contributed by atoms with Crippen molar-refractivity contribution in [1.29, 1.82) is 0 Å². The third-order valence-electron chi connectivity index (χ3n) is 10.0. The van der Waals surface area contributed by atoms with Gasteiger partial charge in [0.15, 0.2) is 0 Å². The average molecular weight is 672 g/mol. The lowest BCUT2D eigenvalue weighted by Crippen LogP contribution is -2.31. The van der Waals surface area contributed by atoms with Crippen LogP contribution in [0.25, 0.3) is 76.8 Å². The van der Waals surface area contributed by atoms with E-state index in [9.17, 15) is 0 Å². The van der Waals surface area contributed by atoms with Gasteiger partial charge in [-0.25, -0.2) is 9.97 Å². The highest BCUT2D eigenvalue weighted by Gasteiger charge is 2.40. The Balaban J connectivity index is 1.37. The molecule has 0 saturated carbocycles. The summed E-state index contributed by atoms with van der Waals surface area (Å²) >= 11 is 0. The normalized spacial score (nSPS) is 14.6. The largest absolute Gasteiger partial charge is 0.455 e. The van der Waals surface area contributed by atoms with Gasteiger partial charge in [0.05, 0.1) is 33.1 Å². The van der Waals surface area contributed by atoms with Crippen LogP contribution >= 0.6 is 8.07 Å². The number of nitrogens with zero attached hydrogens (tertiary/aromatic N) is 3. The van der Waals surface area contributed by atoms with Gasteiger partial charge in [0.2, 0.25) is 5.95 Å². The van der Waals surface area contributed by atoms with Crippen molar-refractivity contribution >= 4 is 84.7 Å². The van der Waals surface area contributed by atoms with Crippen LogP contribution in [0.4, 0.5) is 11.6 Å². The van der Waals surface area contributed by atoms with Crippen LogP contribution in [-0.2, 0) is 0 Å². The zero-order chi connectivity index (χ0) is 35.2. The van der Waals surface area contributed by atoms with Crippen LogP contribution < -0.4 is 15.3 Å². The van der Waals surface area contributed by atoms with Crippen LogP contribution in [-0.4, -0.2) is 9.97 Å². The van der Waals surface area contributed by atoms with Crippen LogP contribution in [0, 0.1) is 0 Å². The van der Waals surface area contributed by atoms with E-state index in [2.05, 4.69) is 108 Å². The summed E-state index contributed by atoms with van der Waals surface area (Å²) in [5, 5.41) is 9.81. The lowest BCUT2D eigenvalue weighted by Gasteiger charge is -2.40. The number of aromatic nitrogens is 2. The van der Waals surface area contributed by atoms with Gasteiger partial charge in [0.25, 0.3) is 0 Å². The summed E-state index contributed by atoms with van der Waals surface area (Å²) in [6.45, 7) is 0. The predicted molar refractivity (Wildman–Crippen MR) is 214 cm³/mol. The summed E-state index contributed by atoms with van der Waals surface area (Å²) in [6.07, 6.45) is 0. The van der Waals surface area contributed by atoms with E-state index in [1.54, 1.807) is 12.1 Å². The van der Waals surface area contributed by atoms with E-state index in [4.69, 9.17) is 17.1 Å². The molecule has 0 fully saturated rings.